The van der Waals surface area contributed by atoms with Crippen molar-refractivity contribution < 1.29 is 5.11 Å². The average Bonchev–Trinajstić information content (AvgIpc) is 2.28. The smallest absolute Gasteiger partial charge is 0.266 e. The molecule has 0 amide bonds. The molecule has 0 fully saturated rings. The van der Waals surface area contributed by atoms with Crippen LogP contribution in [-0.4, -0.2) is 34.8 Å². The summed E-state index contributed by atoms with van der Waals surface area (Å²) in [6.07, 6.45) is 3.49. The van der Waals surface area contributed by atoms with Gasteiger partial charge in [-0.1, -0.05) is 13.3 Å². The second-order valence-corrected chi connectivity index (χ2v) is 4.51. The van der Waals surface area contributed by atoms with Gasteiger partial charge in [0.05, 0.1) is 12.9 Å². The molecule has 5 nitrogen and oxygen atoms in total. The number of nitrogens with zero attached hydrogens (tertiary/aromatic N) is 2. The highest BCUT2D eigenvalue weighted by Crippen LogP contribution is 2.15. The van der Waals surface area contributed by atoms with E-state index in [0.717, 1.165) is 19.4 Å². The maximum atomic E-state index is 11.4. The molecule has 16 heavy (non-hydrogen) atoms. The first-order valence-corrected chi connectivity index (χ1v) is 6.37. The number of hydrogen-bond donors (Lipinski definition) is 2. The van der Waals surface area contributed by atoms with Gasteiger partial charge in [-0.2, -0.15) is 0 Å². The van der Waals surface area contributed by atoms with E-state index in [4.69, 9.17) is 5.11 Å². The highest BCUT2D eigenvalue weighted by molar-refractivity contribution is 14.1. The van der Waals surface area contributed by atoms with Crippen LogP contribution in [0.1, 0.15) is 19.8 Å². The minimum atomic E-state index is -0.134. The maximum Gasteiger partial charge on any atom is 0.266 e. The maximum absolute atomic E-state index is 11.4. The second kappa shape index (κ2) is 6.85. The Hall–Kier alpha value is -0.630. The summed E-state index contributed by atoms with van der Waals surface area (Å²) in [5.74, 6) is 0.659. The summed E-state index contributed by atoms with van der Waals surface area (Å²) in [6, 6.07) is 0. The highest BCUT2D eigenvalue weighted by atomic mass is 127. The van der Waals surface area contributed by atoms with Crippen LogP contribution in [0.15, 0.2) is 11.1 Å². The Bertz CT molecular complexity index is 381. The van der Waals surface area contributed by atoms with Crippen LogP contribution in [0, 0.1) is 3.57 Å². The van der Waals surface area contributed by atoms with Crippen molar-refractivity contribution in [2.75, 3.05) is 24.6 Å². The Kier molecular flexibility index (Phi) is 5.75. The molecule has 1 rings (SSSR count). The molecule has 1 aromatic heterocycles. The zero-order valence-corrected chi connectivity index (χ0v) is 11.4. The van der Waals surface area contributed by atoms with E-state index in [1.165, 1.54) is 6.33 Å². The van der Waals surface area contributed by atoms with E-state index in [2.05, 4.69) is 16.9 Å². The summed E-state index contributed by atoms with van der Waals surface area (Å²) < 4.78 is 0.574. The fraction of sp³-hybridized carbons (Fsp3) is 0.600. The van der Waals surface area contributed by atoms with Gasteiger partial charge in [0, 0.05) is 13.1 Å². The van der Waals surface area contributed by atoms with E-state index in [1.807, 2.05) is 27.5 Å². The third-order valence-corrected chi connectivity index (χ3v) is 3.20. The quantitative estimate of drug-likeness (QED) is 0.759. The zero-order valence-electron chi connectivity index (χ0n) is 9.24. The van der Waals surface area contributed by atoms with Crippen LogP contribution >= 0.6 is 22.6 Å². The molecule has 2 N–H and O–H groups in total. The topological polar surface area (TPSA) is 69.2 Å². The lowest BCUT2D eigenvalue weighted by Crippen LogP contribution is -2.31. The molecule has 0 unspecified atom stereocenters. The van der Waals surface area contributed by atoms with Crippen molar-refractivity contribution >= 4 is 28.4 Å². The third kappa shape index (κ3) is 3.44. The molecule has 0 atom stereocenters. The van der Waals surface area contributed by atoms with Crippen LogP contribution < -0.4 is 10.5 Å². The Balaban J connectivity index is 2.91. The van der Waals surface area contributed by atoms with Gasteiger partial charge in [0.15, 0.2) is 0 Å². The number of aromatic nitrogens is 2. The first kappa shape index (κ1) is 13.4. The first-order valence-electron chi connectivity index (χ1n) is 5.29. The fourth-order valence-corrected chi connectivity index (χ4v) is 2.02. The molecule has 0 radical (unpaired) electrons. The predicted molar refractivity (Wildman–Crippen MR) is 71.8 cm³/mol. The standard InChI is InChI=1S/C10H16IN3O2/c1-2-3-4-14(5-6-15)9-8(11)10(16)13-7-12-9/h7,15H,2-6H2,1H3,(H,12,13,16). The van der Waals surface area contributed by atoms with Crippen molar-refractivity contribution in [3.8, 4) is 0 Å². The van der Waals surface area contributed by atoms with E-state index in [0.29, 0.717) is 15.9 Å². The third-order valence-electron chi connectivity index (χ3n) is 2.23. The number of aliphatic hydroxyl groups excluding tert-OH is 1. The molecule has 0 aliphatic heterocycles. The summed E-state index contributed by atoms with van der Waals surface area (Å²) in [4.78, 5) is 20.1. The number of rotatable bonds is 6. The lowest BCUT2D eigenvalue weighted by Gasteiger charge is -2.22. The summed E-state index contributed by atoms with van der Waals surface area (Å²) in [7, 11) is 0. The van der Waals surface area contributed by atoms with Crippen LogP contribution in [0.4, 0.5) is 5.82 Å². The zero-order chi connectivity index (χ0) is 12.0. The summed E-state index contributed by atoms with van der Waals surface area (Å²) in [6.45, 7) is 3.48. The number of H-pyrrole nitrogens is 1. The van der Waals surface area contributed by atoms with Gasteiger partial charge >= 0.3 is 0 Å². The van der Waals surface area contributed by atoms with Crippen LogP contribution in [0.3, 0.4) is 0 Å². The molecule has 0 aromatic carbocycles. The Labute approximate surface area is 108 Å². The van der Waals surface area contributed by atoms with Crippen LogP contribution in [0.2, 0.25) is 0 Å². The highest BCUT2D eigenvalue weighted by Gasteiger charge is 2.12. The number of hydrogen-bond acceptors (Lipinski definition) is 4. The Morgan fingerprint density at radius 2 is 2.31 bits per heavy atom. The number of halogens is 1. The fourth-order valence-electron chi connectivity index (χ4n) is 1.39. The van der Waals surface area contributed by atoms with Crippen LogP contribution in [0.5, 0.6) is 0 Å². The van der Waals surface area contributed by atoms with Gasteiger partial charge in [-0.05, 0) is 29.0 Å². The molecule has 0 saturated heterocycles. The number of aromatic amines is 1. The van der Waals surface area contributed by atoms with Crippen molar-refractivity contribution in [3.05, 3.63) is 20.3 Å². The van der Waals surface area contributed by atoms with E-state index in [-0.39, 0.29) is 12.2 Å². The molecule has 6 heteroatoms. The molecule has 1 heterocycles. The van der Waals surface area contributed by atoms with E-state index in [9.17, 15) is 4.79 Å². The van der Waals surface area contributed by atoms with Crippen molar-refractivity contribution in [1.82, 2.24) is 9.97 Å². The van der Waals surface area contributed by atoms with Gasteiger partial charge in [0.1, 0.15) is 9.39 Å². The van der Waals surface area contributed by atoms with Crippen LogP contribution in [-0.2, 0) is 0 Å². The van der Waals surface area contributed by atoms with Crippen LogP contribution in [0.25, 0.3) is 0 Å². The van der Waals surface area contributed by atoms with Crippen molar-refractivity contribution in [2.24, 2.45) is 0 Å². The lowest BCUT2D eigenvalue weighted by molar-refractivity contribution is 0.301. The summed E-state index contributed by atoms with van der Waals surface area (Å²) in [5.41, 5.74) is -0.134. The minimum absolute atomic E-state index is 0.0638. The number of anilines is 1. The first-order chi connectivity index (χ1) is 7.70. The van der Waals surface area contributed by atoms with E-state index >= 15 is 0 Å². The van der Waals surface area contributed by atoms with Crippen molar-refractivity contribution in [1.29, 1.82) is 0 Å². The Morgan fingerprint density at radius 1 is 1.56 bits per heavy atom. The summed E-state index contributed by atoms with van der Waals surface area (Å²) in [5, 5.41) is 9.00. The van der Waals surface area contributed by atoms with Gasteiger partial charge in [0.25, 0.3) is 5.56 Å². The molecule has 0 aliphatic rings. The lowest BCUT2D eigenvalue weighted by atomic mass is 10.3. The van der Waals surface area contributed by atoms with Crippen molar-refractivity contribution in [3.63, 3.8) is 0 Å². The largest absolute Gasteiger partial charge is 0.395 e. The average molecular weight is 337 g/mol. The van der Waals surface area contributed by atoms with Gasteiger partial charge in [-0.15, -0.1) is 0 Å². The second-order valence-electron chi connectivity index (χ2n) is 3.43. The van der Waals surface area contributed by atoms with Gasteiger partial charge in [0.2, 0.25) is 0 Å². The van der Waals surface area contributed by atoms with Crippen molar-refractivity contribution in [2.45, 2.75) is 19.8 Å². The van der Waals surface area contributed by atoms with Gasteiger partial charge < -0.3 is 15.0 Å². The molecule has 0 aliphatic carbocycles. The van der Waals surface area contributed by atoms with Gasteiger partial charge in [-0.25, -0.2) is 4.98 Å². The molecule has 0 saturated carbocycles. The van der Waals surface area contributed by atoms with Gasteiger partial charge in [-0.3, -0.25) is 4.79 Å². The number of aliphatic hydroxyl groups is 1. The minimum Gasteiger partial charge on any atom is -0.395 e. The normalized spacial score (nSPS) is 10.4. The number of unbranched alkanes of at least 4 members (excludes halogenated alkanes) is 1. The predicted octanol–water partition coefficient (Wildman–Crippen LogP) is 0.973. The molecule has 1 aromatic rings. The molecular formula is C10H16IN3O2. The SMILES string of the molecule is CCCCN(CCO)c1nc[nH]c(=O)c1I. The molecule has 0 bridgehead atoms. The summed E-state index contributed by atoms with van der Waals surface area (Å²) >= 11 is 1.98. The molecule has 90 valence electrons. The van der Waals surface area contributed by atoms with E-state index < -0.39 is 0 Å². The molecule has 0 spiro atoms. The monoisotopic (exact) mass is 337 g/mol. The number of nitrogens with one attached hydrogen (secondary N) is 1. The molecular weight excluding hydrogens is 321 g/mol. The Morgan fingerprint density at radius 3 is 2.94 bits per heavy atom. The van der Waals surface area contributed by atoms with E-state index in [1.54, 1.807) is 0 Å².